The van der Waals surface area contributed by atoms with Crippen molar-refractivity contribution in [1.29, 1.82) is 0 Å². The zero-order chi connectivity index (χ0) is 18.2. The van der Waals surface area contributed by atoms with Crippen LogP contribution in [0, 0.1) is 0 Å². The zero-order valence-corrected chi connectivity index (χ0v) is 15.2. The molecule has 0 saturated heterocycles. The first-order chi connectivity index (χ1) is 12.1. The molecule has 2 aromatic carbocycles. The minimum absolute atomic E-state index is 0.158. The molecule has 25 heavy (non-hydrogen) atoms. The number of halogens is 1. The molecule has 1 N–H and O–H groups in total. The largest absolute Gasteiger partial charge is 0.462 e. The molecule has 0 aromatic heterocycles. The van der Waals surface area contributed by atoms with Crippen LogP contribution in [0.15, 0.2) is 48.5 Å². The lowest BCUT2D eigenvalue weighted by molar-refractivity contribution is -0.117. The van der Waals surface area contributed by atoms with Crippen LogP contribution in [0.2, 0.25) is 5.02 Å². The second-order valence-electron chi connectivity index (χ2n) is 5.69. The van der Waals surface area contributed by atoms with Crippen LogP contribution in [0.3, 0.4) is 0 Å². The fraction of sp³-hybridized carbons (Fsp3) is 0.300. The van der Waals surface area contributed by atoms with Crippen LogP contribution in [0.5, 0.6) is 0 Å². The number of nitrogens with one attached hydrogen (secondary N) is 1. The van der Waals surface area contributed by atoms with E-state index in [2.05, 4.69) is 5.32 Å². The summed E-state index contributed by atoms with van der Waals surface area (Å²) in [6, 6.07) is 14.3. The van der Waals surface area contributed by atoms with Gasteiger partial charge in [-0.05, 0) is 36.6 Å². The molecule has 0 aliphatic rings. The molecular formula is C20H22ClNO3. The molecule has 2 rings (SSSR count). The average molecular weight is 360 g/mol. The van der Waals surface area contributed by atoms with Gasteiger partial charge < -0.3 is 10.1 Å². The topological polar surface area (TPSA) is 55.4 Å². The second-order valence-corrected chi connectivity index (χ2v) is 6.10. The second kappa shape index (κ2) is 9.23. The highest BCUT2D eigenvalue weighted by atomic mass is 35.5. The molecular weight excluding hydrogens is 338 g/mol. The molecule has 0 saturated carbocycles. The third-order valence-electron chi connectivity index (χ3n) is 3.82. The number of benzene rings is 2. The molecule has 0 heterocycles. The molecule has 132 valence electrons. The van der Waals surface area contributed by atoms with Crippen molar-refractivity contribution in [3.05, 3.63) is 64.7 Å². The van der Waals surface area contributed by atoms with Gasteiger partial charge in [0.25, 0.3) is 0 Å². The first-order valence-electron chi connectivity index (χ1n) is 8.39. The monoisotopic (exact) mass is 359 g/mol. The minimum atomic E-state index is -0.427. The van der Waals surface area contributed by atoms with Crippen LogP contribution in [0.4, 0.5) is 5.69 Å². The summed E-state index contributed by atoms with van der Waals surface area (Å²) in [6.45, 7) is 4.24. The number of carbonyl (C=O) groups excluding carboxylic acids is 2. The summed E-state index contributed by atoms with van der Waals surface area (Å²) in [5.41, 5.74) is 1.71. The van der Waals surface area contributed by atoms with Gasteiger partial charge in [-0.3, -0.25) is 4.79 Å². The number of esters is 1. The third-order valence-corrected chi connectivity index (χ3v) is 4.15. The number of ether oxygens (including phenoxy) is 1. The number of anilines is 1. The molecule has 0 aliphatic heterocycles. The van der Waals surface area contributed by atoms with Gasteiger partial charge in [0.05, 0.1) is 28.8 Å². The summed E-state index contributed by atoms with van der Waals surface area (Å²) in [5.74, 6) is -0.869. The quantitative estimate of drug-likeness (QED) is 0.704. The molecule has 2 aromatic rings. The van der Waals surface area contributed by atoms with Gasteiger partial charge in [-0.15, -0.1) is 0 Å². The highest BCUT2D eigenvalue weighted by molar-refractivity contribution is 6.34. The van der Waals surface area contributed by atoms with Crippen LogP contribution >= 0.6 is 11.6 Å². The first kappa shape index (κ1) is 19.0. The lowest BCUT2D eigenvalue weighted by Crippen LogP contribution is -2.21. The predicted molar refractivity (Wildman–Crippen MR) is 100 cm³/mol. The van der Waals surface area contributed by atoms with E-state index < -0.39 is 5.97 Å². The Bertz CT molecular complexity index is 731. The van der Waals surface area contributed by atoms with Crippen molar-refractivity contribution in [3.63, 3.8) is 0 Å². The maximum absolute atomic E-state index is 12.7. The van der Waals surface area contributed by atoms with E-state index in [4.69, 9.17) is 16.3 Å². The molecule has 5 heteroatoms. The van der Waals surface area contributed by atoms with E-state index in [1.807, 2.05) is 44.2 Å². The minimum Gasteiger partial charge on any atom is -0.462 e. The average Bonchev–Trinajstić information content (AvgIpc) is 2.63. The van der Waals surface area contributed by atoms with Crippen molar-refractivity contribution in [2.45, 2.75) is 32.6 Å². The molecule has 1 atom stereocenters. The van der Waals surface area contributed by atoms with Gasteiger partial charge >= 0.3 is 5.97 Å². The number of hydrogen-bond acceptors (Lipinski definition) is 3. The maximum atomic E-state index is 12.7. The fourth-order valence-electron chi connectivity index (χ4n) is 2.50. The molecule has 0 radical (unpaired) electrons. The van der Waals surface area contributed by atoms with E-state index in [1.165, 1.54) is 0 Å². The van der Waals surface area contributed by atoms with Gasteiger partial charge in [0.2, 0.25) is 5.91 Å². The SMILES string of the molecule is CCCOC(=O)c1ccc(Cl)c(NC(=O)C(CC)c2ccccc2)c1. The van der Waals surface area contributed by atoms with Crippen LogP contribution in [-0.4, -0.2) is 18.5 Å². The van der Waals surface area contributed by atoms with Crippen LogP contribution in [0.25, 0.3) is 0 Å². The van der Waals surface area contributed by atoms with E-state index >= 15 is 0 Å². The number of carbonyl (C=O) groups is 2. The summed E-state index contributed by atoms with van der Waals surface area (Å²) in [7, 11) is 0. The summed E-state index contributed by atoms with van der Waals surface area (Å²) >= 11 is 6.18. The Morgan fingerprint density at radius 2 is 1.84 bits per heavy atom. The van der Waals surface area contributed by atoms with Crippen molar-refractivity contribution in [2.75, 3.05) is 11.9 Å². The Morgan fingerprint density at radius 1 is 1.12 bits per heavy atom. The highest BCUT2D eigenvalue weighted by Crippen LogP contribution is 2.27. The van der Waals surface area contributed by atoms with Crippen LogP contribution in [0.1, 0.15) is 48.5 Å². The zero-order valence-electron chi connectivity index (χ0n) is 14.4. The number of rotatable bonds is 7. The third kappa shape index (κ3) is 5.07. The Labute approximate surface area is 153 Å². The summed E-state index contributed by atoms with van der Waals surface area (Å²) < 4.78 is 5.12. The van der Waals surface area contributed by atoms with Gasteiger partial charge in [-0.2, -0.15) is 0 Å². The van der Waals surface area contributed by atoms with Crippen LogP contribution < -0.4 is 5.32 Å². The summed E-state index contributed by atoms with van der Waals surface area (Å²) in [6.07, 6.45) is 1.41. The Balaban J connectivity index is 2.18. The predicted octanol–water partition coefficient (Wildman–Crippen LogP) is 5.04. The van der Waals surface area contributed by atoms with Crippen molar-refractivity contribution < 1.29 is 14.3 Å². The molecule has 1 amide bonds. The van der Waals surface area contributed by atoms with Gasteiger partial charge in [0.15, 0.2) is 0 Å². The van der Waals surface area contributed by atoms with Gasteiger partial charge in [0.1, 0.15) is 0 Å². The van der Waals surface area contributed by atoms with Gasteiger partial charge in [-0.1, -0.05) is 55.8 Å². The molecule has 0 spiro atoms. The molecule has 1 unspecified atom stereocenters. The normalized spacial score (nSPS) is 11.6. The molecule has 0 bridgehead atoms. The Kier molecular flexibility index (Phi) is 7.02. The summed E-state index contributed by atoms with van der Waals surface area (Å²) in [5, 5.41) is 3.21. The summed E-state index contributed by atoms with van der Waals surface area (Å²) in [4.78, 5) is 24.6. The van der Waals surface area contributed by atoms with E-state index in [0.717, 1.165) is 12.0 Å². The van der Waals surface area contributed by atoms with Crippen LogP contribution in [-0.2, 0) is 9.53 Å². The Hall–Kier alpha value is -2.33. The van der Waals surface area contributed by atoms with Crippen molar-refractivity contribution >= 4 is 29.2 Å². The van der Waals surface area contributed by atoms with Gasteiger partial charge in [0, 0.05) is 0 Å². The van der Waals surface area contributed by atoms with Gasteiger partial charge in [-0.25, -0.2) is 4.79 Å². The van der Waals surface area contributed by atoms with E-state index in [-0.39, 0.29) is 11.8 Å². The standard InChI is InChI=1S/C20H22ClNO3/c1-3-12-25-20(24)15-10-11-17(21)18(13-15)22-19(23)16(4-2)14-8-6-5-7-9-14/h5-11,13,16H,3-4,12H2,1-2H3,(H,22,23). The fourth-order valence-corrected chi connectivity index (χ4v) is 2.67. The Morgan fingerprint density at radius 3 is 2.48 bits per heavy atom. The molecule has 4 nitrogen and oxygen atoms in total. The first-order valence-corrected chi connectivity index (χ1v) is 8.77. The maximum Gasteiger partial charge on any atom is 0.338 e. The molecule has 0 fully saturated rings. The van der Waals surface area contributed by atoms with Crippen molar-refractivity contribution in [2.24, 2.45) is 0 Å². The number of amides is 1. The van der Waals surface area contributed by atoms with E-state index in [1.54, 1.807) is 18.2 Å². The lowest BCUT2D eigenvalue weighted by atomic mass is 9.95. The smallest absolute Gasteiger partial charge is 0.338 e. The van der Waals surface area contributed by atoms with Crippen molar-refractivity contribution in [3.8, 4) is 0 Å². The van der Waals surface area contributed by atoms with E-state index in [9.17, 15) is 9.59 Å². The number of hydrogen-bond donors (Lipinski definition) is 1. The highest BCUT2D eigenvalue weighted by Gasteiger charge is 2.20. The van der Waals surface area contributed by atoms with E-state index in [0.29, 0.717) is 29.3 Å². The van der Waals surface area contributed by atoms with Crippen molar-refractivity contribution in [1.82, 2.24) is 0 Å². The lowest BCUT2D eigenvalue weighted by Gasteiger charge is -2.16. The molecule has 0 aliphatic carbocycles.